The number of aryl methyl sites for hydroxylation is 1. The molecule has 3 heterocycles. The molecule has 0 aliphatic rings. The fourth-order valence-electron chi connectivity index (χ4n) is 2.46. The summed E-state index contributed by atoms with van der Waals surface area (Å²) in [5, 5.41) is 9.62. The van der Waals surface area contributed by atoms with Gasteiger partial charge in [-0.25, -0.2) is 14.2 Å². The number of aromatic amines is 1. The predicted octanol–water partition coefficient (Wildman–Crippen LogP) is 0.859. The van der Waals surface area contributed by atoms with Gasteiger partial charge in [-0.1, -0.05) is 0 Å². The summed E-state index contributed by atoms with van der Waals surface area (Å²) in [5.41, 5.74) is 0.796. The lowest BCUT2D eigenvalue weighted by Crippen LogP contribution is -2.29. The minimum absolute atomic E-state index is 0.0867. The molecule has 9 nitrogen and oxygen atoms in total. The minimum Gasteiger partial charge on any atom is -0.297 e. The third kappa shape index (κ3) is 2.80. The van der Waals surface area contributed by atoms with Crippen LogP contribution in [-0.2, 0) is 16.8 Å². The quantitative estimate of drug-likeness (QED) is 0.740. The average Bonchev–Trinajstić information content (AvgIpc) is 3.11. The summed E-state index contributed by atoms with van der Waals surface area (Å²) >= 11 is 0. The summed E-state index contributed by atoms with van der Waals surface area (Å²) in [4.78, 5) is 33.2. The Bertz CT molecular complexity index is 958. The first-order chi connectivity index (χ1) is 11.3. The zero-order chi connectivity index (χ0) is 17.5. The third-order valence-corrected chi connectivity index (χ3v) is 3.62. The van der Waals surface area contributed by atoms with E-state index in [2.05, 4.69) is 25.5 Å². The molecule has 3 aromatic rings. The molecule has 2 N–H and O–H groups in total. The van der Waals surface area contributed by atoms with Gasteiger partial charge in [-0.2, -0.15) is 10.1 Å². The Morgan fingerprint density at radius 3 is 2.83 bits per heavy atom. The lowest BCUT2D eigenvalue weighted by Gasteiger charge is -2.21. The number of rotatable bonds is 3. The van der Waals surface area contributed by atoms with E-state index < -0.39 is 0 Å². The maximum atomic E-state index is 12.5. The van der Waals surface area contributed by atoms with Gasteiger partial charge in [-0.15, -0.1) is 0 Å². The van der Waals surface area contributed by atoms with Crippen LogP contribution in [0.3, 0.4) is 0 Å². The van der Waals surface area contributed by atoms with Gasteiger partial charge < -0.3 is 0 Å². The molecular weight excluding hydrogens is 310 g/mol. The second-order valence-electron chi connectivity index (χ2n) is 6.53. The van der Waals surface area contributed by atoms with Crippen LogP contribution in [0, 0.1) is 6.92 Å². The van der Waals surface area contributed by atoms with E-state index in [9.17, 15) is 9.59 Å². The lowest BCUT2D eigenvalue weighted by molar-refractivity contribution is -0.115. The van der Waals surface area contributed by atoms with Crippen molar-refractivity contribution in [3.63, 3.8) is 0 Å². The summed E-state index contributed by atoms with van der Waals surface area (Å²) < 4.78 is 2.93. The van der Waals surface area contributed by atoms with Crippen LogP contribution < -0.4 is 10.9 Å². The van der Waals surface area contributed by atoms with Gasteiger partial charge >= 0.3 is 0 Å². The first-order valence-corrected chi connectivity index (χ1v) is 7.53. The first-order valence-electron chi connectivity index (χ1n) is 7.53. The van der Waals surface area contributed by atoms with Crippen molar-refractivity contribution >= 4 is 17.5 Å². The molecule has 0 aromatic carbocycles. The Morgan fingerprint density at radius 1 is 1.38 bits per heavy atom. The van der Waals surface area contributed by atoms with E-state index in [1.807, 2.05) is 20.8 Å². The van der Waals surface area contributed by atoms with Crippen molar-refractivity contribution < 1.29 is 4.79 Å². The van der Waals surface area contributed by atoms with Gasteiger partial charge in [0.05, 0.1) is 12.0 Å². The maximum absolute atomic E-state index is 12.5. The topological polar surface area (TPSA) is 110 Å². The standard InChI is InChI=1S/C15H19N7O2/c1-9-10(13(24)21-11(19-9)5-6-17-21)7-12(23)20-14-16-8-18-22(14)15(2,3)4/h5-6,8,17H,7H2,1-4H3,(H,16,18,20,23). The van der Waals surface area contributed by atoms with Crippen LogP contribution in [0.4, 0.5) is 5.95 Å². The molecule has 0 fully saturated rings. The first kappa shape index (κ1) is 15.9. The highest BCUT2D eigenvalue weighted by Crippen LogP contribution is 2.17. The summed E-state index contributed by atoms with van der Waals surface area (Å²) in [6.07, 6.45) is 2.92. The lowest BCUT2D eigenvalue weighted by atomic mass is 10.1. The van der Waals surface area contributed by atoms with Crippen molar-refractivity contribution in [2.75, 3.05) is 5.32 Å². The smallest absolute Gasteiger partial charge is 0.276 e. The van der Waals surface area contributed by atoms with Gasteiger partial charge in [-0.3, -0.25) is 20.0 Å². The van der Waals surface area contributed by atoms with Crippen LogP contribution in [0.1, 0.15) is 32.0 Å². The Labute approximate surface area is 137 Å². The molecule has 0 aliphatic heterocycles. The molecule has 0 unspecified atom stereocenters. The van der Waals surface area contributed by atoms with Crippen LogP contribution in [0.5, 0.6) is 0 Å². The number of fused-ring (bicyclic) bond motifs is 1. The van der Waals surface area contributed by atoms with Crippen LogP contribution in [-0.4, -0.2) is 35.3 Å². The molecule has 0 aliphatic carbocycles. The number of amides is 1. The van der Waals surface area contributed by atoms with Gasteiger partial charge in [0.2, 0.25) is 11.9 Å². The molecule has 9 heteroatoms. The van der Waals surface area contributed by atoms with Crippen LogP contribution in [0.15, 0.2) is 23.4 Å². The summed E-state index contributed by atoms with van der Waals surface area (Å²) in [7, 11) is 0. The number of hydrogen-bond donors (Lipinski definition) is 2. The average molecular weight is 329 g/mol. The van der Waals surface area contributed by atoms with E-state index in [1.165, 1.54) is 10.8 Å². The SMILES string of the molecule is Cc1nc2cc[nH]n2c(=O)c1CC(=O)Nc1ncnn1C(C)(C)C. The summed E-state index contributed by atoms with van der Waals surface area (Å²) in [6, 6.07) is 1.70. The van der Waals surface area contributed by atoms with Crippen molar-refractivity contribution in [3.8, 4) is 0 Å². The number of H-pyrrole nitrogens is 1. The molecule has 0 saturated heterocycles. The van der Waals surface area contributed by atoms with Crippen molar-refractivity contribution in [1.82, 2.24) is 29.4 Å². The maximum Gasteiger partial charge on any atom is 0.276 e. The van der Waals surface area contributed by atoms with Crippen molar-refractivity contribution in [2.24, 2.45) is 0 Å². The number of nitrogens with one attached hydrogen (secondary N) is 2. The van der Waals surface area contributed by atoms with Crippen LogP contribution in [0.2, 0.25) is 0 Å². The molecule has 3 aromatic heterocycles. The van der Waals surface area contributed by atoms with E-state index in [1.54, 1.807) is 23.9 Å². The Hall–Kier alpha value is -2.97. The zero-order valence-corrected chi connectivity index (χ0v) is 14.0. The highest BCUT2D eigenvalue weighted by atomic mass is 16.2. The van der Waals surface area contributed by atoms with Gasteiger partial charge in [0.1, 0.15) is 6.33 Å². The number of anilines is 1. The van der Waals surface area contributed by atoms with Gasteiger partial charge in [-0.05, 0) is 27.7 Å². The molecule has 0 atom stereocenters. The molecule has 0 radical (unpaired) electrons. The van der Waals surface area contributed by atoms with E-state index in [4.69, 9.17) is 0 Å². The van der Waals surface area contributed by atoms with Gasteiger partial charge in [0.15, 0.2) is 5.65 Å². The number of aromatic nitrogens is 6. The molecule has 1 amide bonds. The number of carbonyl (C=O) groups excluding carboxylic acids is 1. The Kier molecular flexibility index (Phi) is 3.70. The fraction of sp³-hybridized carbons (Fsp3) is 0.400. The second-order valence-corrected chi connectivity index (χ2v) is 6.53. The van der Waals surface area contributed by atoms with Gasteiger partial charge in [0.25, 0.3) is 5.56 Å². The van der Waals surface area contributed by atoms with E-state index in [0.717, 1.165) is 0 Å². The fourth-order valence-corrected chi connectivity index (χ4v) is 2.46. The molecule has 126 valence electrons. The summed E-state index contributed by atoms with van der Waals surface area (Å²) in [6.45, 7) is 7.58. The zero-order valence-electron chi connectivity index (χ0n) is 14.0. The predicted molar refractivity (Wildman–Crippen MR) is 87.9 cm³/mol. The van der Waals surface area contributed by atoms with Crippen LogP contribution in [0.25, 0.3) is 5.65 Å². The van der Waals surface area contributed by atoms with Crippen molar-refractivity contribution in [1.29, 1.82) is 0 Å². The molecule has 0 saturated carbocycles. The number of hydrogen-bond acceptors (Lipinski definition) is 5. The molecule has 3 rings (SSSR count). The van der Waals surface area contributed by atoms with E-state index in [-0.39, 0.29) is 23.4 Å². The van der Waals surface area contributed by atoms with E-state index in [0.29, 0.717) is 22.9 Å². The number of carbonyl (C=O) groups is 1. The highest BCUT2D eigenvalue weighted by Gasteiger charge is 2.21. The van der Waals surface area contributed by atoms with Crippen LogP contribution >= 0.6 is 0 Å². The molecular formula is C15H19N7O2. The van der Waals surface area contributed by atoms with Crippen molar-refractivity contribution in [2.45, 2.75) is 39.7 Å². The monoisotopic (exact) mass is 329 g/mol. The second kappa shape index (κ2) is 5.59. The molecule has 0 spiro atoms. The van der Waals surface area contributed by atoms with Gasteiger partial charge in [0, 0.05) is 23.5 Å². The molecule has 0 bridgehead atoms. The number of nitrogens with zero attached hydrogens (tertiary/aromatic N) is 5. The summed E-state index contributed by atoms with van der Waals surface area (Å²) in [5.74, 6) is 0.00109. The Balaban J connectivity index is 1.86. The normalized spacial score (nSPS) is 11.8. The minimum atomic E-state index is -0.345. The Morgan fingerprint density at radius 2 is 2.12 bits per heavy atom. The highest BCUT2D eigenvalue weighted by molar-refractivity contribution is 5.90. The van der Waals surface area contributed by atoms with E-state index >= 15 is 0 Å². The van der Waals surface area contributed by atoms with Crippen molar-refractivity contribution in [3.05, 3.63) is 40.2 Å². The molecule has 24 heavy (non-hydrogen) atoms. The third-order valence-electron chi connectivity index (χ3n) is 3.62. The largest absolute Gasteiger partial charge is 0.297 e.